The zero-order valence-corrected chi connectivity index (χ0v) is 18.3. The molecule has 1 aromatic heterocycles. The average molecular weight is 442 g/mol. The summed E-state index contributed by atoms with van der Waals surface area (Å²) in [7, 11) is 0. The lowest BCUT2D eigenvalue weighted by Crippen LogP contribution is -2.64. The number of piperazine rings is 1. The van der Waals surface area contributed by atoms with Crippen LogP contribution in [0, 0.1) is 5.92 Å². The monoisotopic (exact) mass is 441 g/mol. The largest absolute Gasteiger partial charge is 0.354 e. The molecule has 1 aromatic rings. The van der Waals surface area contributed by atoms with Crippen LogP contribution in [0.4, 0.5) is 0 Å². The van der Waals surface area contributed by atoms with E-state index in [-0.39, 0.29) is 36.1 Å². The number of aromatic nitrogens is 1. The predicted molar refractivity (Wildman–Crippen MR) is 116 cm³/mol. The van der Waals surface area contributed by atoms with Gasteiger partial charge >= 0.3 is 0 Å². The van der Waals surface area contributed by atoms with Crippen LogP contribution in [0.3, 0.4) is 0 Å². The van der Waals surface area contributed by atoms with E-state index in [0.717, 1.165) is 38.5 Å². The first-order chi connectivity index (χ1) is 15.5. The first-order valence-corrected chi connectivity index (χ1v) is 11.6. The van der Waals surface area contributed by atoms with Crippen LogP contribution in [-0.4, -0.2) is 76.7 Å². The first kappa shape index (κ1) is 22.2. The van der Waals surface area contributed by atoms with Crippen LogP contribution < -0.4 is 10.6 Å². The van der Waals surface area contributed by atoms with Crippen molar-refractivity contribution in [2.24, 2.45) is 5.92 Å². The van der Waals surface area contributed by atoms with Crippen molar-refractivity contribution in [2.45, 2.75) is 57.0 Å². The van der Waals surface area contributed by atoms with Gasteiger partial charge in [0.15, 0.2) is 0 Å². The maximum absolute atomic E-state index is 13.3. The highest BCUT2D eigenvalue weighted by atomic mass is 16.2. The van der Waals surface area contributed by atoms with Crippen molar-refractivity contribution in [2.75, 3.05) is 26.2 Å². The van der Waals surface area contributed by atoms with Gasteiger partial charge in [0.25, 0.3) is 5.91 Å². The number of rotatable bonds is 4. The zero-order chi connectivity index (χ0) is 22.5. The maximum Gasteiger partial charge on any atom is 0.255 e. The Kier molecular flexibility index (Phi) is 7.02. The van der Waals surface area contributed by atoms with E-state index in [4.69, 9.17) is 0 Å². The molecular formula is C23H31N5O4. The molecule has 32 heavy (non-hydrogen) atoms. The van der Waals surface area contributed by atoms with Crippen LogP contribution in [0.25, 0.3) is 0 Å². The molecule has 3 heterocycles. The minimum atomic E-state index is -0.812. The van der Waals surface area contributed by atoms with Crippen LogP contribution in [0.5, 0.6) is 0 Å². The molecule has 0 bridgehead atoms. The molecule has 0 aromatic carbocycles. The van der Waals surface area contributed by atoms with Crippen molar-refractivity contribution >= 4 is 23.6 Å². The lowest BCUT2D eigenvalue weighted by atomic mass is 9.87. The number of amides is 4. The fourth-order valence-electron chi connectivity index (χ4n) is 4.89. The molecule has 3 aliphatic rings. The number of hydrogen-bond acceptors (Lipinski definition) is 5. The molecule has 9 nitrogen and oxygen atoms in total. The SMILES string of the molecule is O=C1NCCC[C@@H]1NC(=O)[C@H]1CN(C(=O)c2cccnc2)CCN1C(=O)C1CCCCC1. The van der Waals surface area contributed by atoms with E-state index < -0.39 is 12.1 Å². The van der Waals surface area contributed by atoms with Gasteiger partial charge in [0.05, 0.1) is 12.1 Å². The highest BCUT2D eigenvalue weighted by Crippen LogP contribution is 2.27. The van der Waals surface area contributed by atoms with Crippen molar-refractivity contribution < 1.29 is 19.2 Å². The smallest absolute Gasteiger partial charge is 0.255 e. The van der Waals surface area contributed by atoms with Crippen LogP contribution in [0.2, 0.25) is 0 Å². The second-order valence-corrected chi connectivity index (χ2v) is 8.87. The third-order valence-electron chi connectivity index (χ3n) is 6.72. The van der Waals surface area contributed by atoms with Crippen LogP contribution >= 0.6 is 0 Å². The third kappa shape index (κ3) is 4.92. The molecule has 0 unspecified atom stereocenters. The third-order valence-corrected chi connectivity index (χ3v) is 6.72. The van der Waals surface area contributed by atoms with Gasteiger partial charge in [-0.15, -0.1) is 0 Å². The summed E-state index contributed by atoms with van der Waals surface area (Å²) in [6, 6.07) is 1.97. The van der Waals surface area contributed by atoms with E-state index in [1.165, 1.54) is 6.20 Å². The Morgan fingerprint density at radius 1 is 1.06 bits per heavy atom. The van der Waals surface area contributed by atoms with Gasteiger partial charge < -0.3 is 20.4 Å². The van der Waals surface area contributed by atoms with Gasteiger partial charge in [0, 0.05) is 37.9 Å². The lowest BCUT2D eigenvalue weighted by molar-refractivity contribution is -0.148. The highest BCUT2D eigenvalue weighted by Gasteiger charge is 2.40. The standard InChI is InChI=1S/C23H31N5O4/c29-20-18(9-5-11-25-20)26-21(30)19-15-27(22(31)17-8-4-10-24-14-17)12-13-28(19)23(32)16-6-2-1-3-7-16/h4,8,10,14,16,18-19H,1-3,5-7,9,11-13,15H2,(H,25,29)(H,26,30)/t18-,19+/m0/s1. The fourth-order valence-corrected chi connectivity index (χ4v) is 4.89. The number of carbonyl (C=O) groups is 4. The Hall–Kier alpha value is -2.97. The summed E-state index contributed by atoms with van der Waals surface area (Å²) in [6.07, 6.45) is 9.32. The summed E-state index contributed by atoms with van der Waals surface area (Å²) in [5.41, 5.74) is 0.449. The molecule has 0 radical (unpaired) electrons. The molecule has 0 spiro atoms. The normalized spacial score (nSPS) is 24.6. The molecule has 1 aliphatic carbocycles. The Balaban J connectivity index is 1.51. The number of carbonyl (C=O) groups excluding carboxylic acids is 4. The molecule has 2 N–H and O–H groups in total. The zero-order valence-electron chi connectivity index (χ0n) is 18.3. The van der Waals surface area contributed by atoms with E-state index in [2.05, 4.69) is 15.6 Å². The molecule has 9 heteroatoms. The summed E-state index contributed by atoms with van der Waals surface area (Å²) in [4.78, 5) is 59.0. The Morgan fingerprint density at radius 3 is 2.59 bits per heavy atom. The molecule has 2 aliphatic heterocycles. The lowest BCUT2D eigenvalue weighted by Gasteiger charge is -2.42. The number of hydrogen-bond donors (Lipinski definition) is 2. The first-order valence-electron chi connectivity index (χ1n) is 11.6. The fraction of sp³-hybridized carbons (Fsp3) is 0.609. The topological polar surface area (TPSA) is 112 Å². The van der Waals surface area contributed by atoms with Gasteiger partial charge in [-0.3, -0.25) is 24.2 Å². The summed E-state index contributed by atoms with van der Waals surface area (Å²) in [6.45, 7) is 1.37. The molecule has 4 rings (SSSR count). The van der Waals surface area contributed by atoms with Crippen molar-refractivity contribution in [3.05, 3.63) is 30.1 Å². The van der Waals surface area contributed by atoms with Gasteiger partial charge in [-0.2, -0.15) is 0 Å². The predicted octanol–water partition coefficient (Wildman–Crippen LogP) is 0.710. The van der Waals surface area contributed by atoms with Gasteiger partial charge in [0.1, 0.15) is 12.1 Å². The molecule has 172 valence electrons. The molecular weight excluding hydrogens is 410 g/mol. The average Bonchev–Trinajstić information content (AvgIpc) is 2.85. The van der Waals surface area contributed by atoms with E-state index in [1.807, 2.05) is 0 Å². The van der Waals surface area contributed by atoms with Crippen molar-refractivity contribution in [3.8, 4) is 0 Å². The molecule has 2 atom stereocenters. The number of pyridine rings is 1. The molecule has 2 saturated heterocycles. The van der Waals surface area contributed by atoms with Crippen LogP contribution in [0.15, 0.2) is 24.5 Å². The van der Waals surface area contributed by atoms with Gasteiger partial charge in [-0.25, -0.2) is 0 Å². The number of nitrogens with zero attached hydrogens (tertiary/aromatic N) is 3. The number of nitrogens with one attached hydrogen (secondary N) is 2. The van der Waals surface area contributed by atoms with E-state index in [0.29, 0.717) is 31.6 Å². The summed E-state index contributed by atoms with van der Waals surface area (Å²) in [5, 5.41) is 5.60. The van der Waals surface area contributed by atoms with Crippen LogP contribution in [0.1, 0.15) is 55.3 Å². The Bertz CT molecular complexity index is 855. The van der Waals surface area contributed by atoms with E-state index >= 15 is 0 Å². The molecule has 1 saturated carbocycles. The second-order valence-electron chi connectivity index (χ2n) is 8.87. The van der Waals surface area contributed by atoms with Gasteiger partial charge in [-0.05, 0) is 37.8 Å². The molecule has 4 amide bonds. The highest BCUT2D eigenvalue weighted by molar-refractivity contribution is 5.96. The van der Waals surface area contributed by atoms with Gasteiger partial charge in [0.2, 0.25) is 17.7 Å². The number of piperidine rings is 1. The summed E-state index contributed by atoms with van der Waals surface area (Å²) >= 11 is 0. The van der Waals surface area contributed by atoms with Crippen molar-refractivity contribution in [1.82, 2.24) is 25.4 Å². The second kappa shape index (κ2) is 10.1. The van der Waals surface area contributed by atoms with E-state index in [9.17, 15) is 19.2 Å². The summed E-state index contributed by atoms with van der Waals surface area (Å²) < 4.78 is 0. The van der Waals surface area contributed by atoms with E-state index in [1.54, 1.807) is 28.1 Å². The maximum atomic E-state index is 13.3. The van der Waals surface area contributed by atoms with Crippen molar-refractivity contribution in [3.63, 3.8) is 0 Å². The Morgan fingerprint density at radius 2 is 1.88 bits per heavy atom. The Labute approximate surface area is 187 Å². The minimum Gasteiger partial charge on any atom is -0.354 e. The van der Waals surface area contributed by atoms with Crippen molar-refractivity contribution in [1.29, 1.82) is 0 Å². The summed E-state index contributed by atoms with van der Waals surface area (Å²) in [5.74, 6) is -0.867. The van der Waals surface area contributed by atoms with Crippen LogP contribution in [-0.2, 0) is 14.4 Å². The molecule has 3 fully saturated rings. The van der Waals surface area contributed by atoms with Gasteiger partial charge in [-0.1, -0.05) is 19.3 Å². The minimum absolute atomic E-state index is 0.00794. The quantitative estimate of drug-likeness (QED) is 0.715.